The van der Waals surface area contributed by atoms with Crippen molar-refractivity contribution in [2.45, 2.75) is 19.0 Å². The normalized spacial score (nSPS) is 22.0. The molecule has 23 heavy (non-hydrogen) atoms. The summed E-state index contributed by atoms with van der Waals surface area (Å²) in [5.74, 6) is 0.0258. The van der Waals surface area contributed by atoms with E-state index in [4.69, 9.17) is 0 Å². The minimum atomic E-state index is -0.144. The summed E-state index contributed by atoms with van der Waals surface area (Å²) < 4.78 is 2.27. The minimum absolute atomic E-state index is 0. The molecule has 1 unspecified atom stereocenters. The highest BCUT2D eigenvalue weighted by Gasteiger charge is 2.30. The maximum atomic E-state index is 12.4. The van der Waals surface area contributed by atoms with Crippen molar-refractivity contribution < 1.29 is 4.79 Å². The Morgan fingerprint density at radius 2 is 2.00 bits per heavy atom. The fraction of sp³-hybridized carbons (Fsp3) is 0.600. The topological polar surface area (TPSA) is 57.6 Å². The summed E-state index contributed by atoms with van der Waals surface area (Å²) in [7, 11) is 0. The molecule has 3 heterocycles. The zero-order valence-corrected chi connectivity index (χ0v) is 15.3. The molecule has 0 aliphatic carbocycles. The quantitative estimate of drug-likeness (QED) is 0.797. The molecule has 1 aromatic rings. The second-order valence-electron chi connectivity index (χ2n) is 5.88. The maximum absolute atomic E-state index is 12.4. The van der Waals surface area contributed by atoms with Gasteiger partial charge in [0.25, 0.3) is 5.56 Å². The number of aromatic nitrogens is 1. The summed E-state index contributed by atoms with van der Waals surface area (Å²) in [6, 6.07) is 3.63. The highest BCUT2D eigenvalue weighted by atomic mass is 79.9. The number of carbonyl (C=O) groups is 1. The van der Waals surface area contributed by atoms with Gasteiger partial charge in [0.2, 0.25) is 5.91 Å². The van der Waals surface area contributed by atoms with Crippen molar-refractivity contribution in [1.29, 1.82) is 0 Å². The van der Waals surface area contributed by atoms with Gasteiger partial charge in [0.1, 0.15) is 6.54 Å². The third kappa shape index (κ3) is 4.56. The van der Waals surface area contributed by atoms with Gasteiger partial charge in [-0.25, -0.2) is 0 Å². The summed E-state index contributed by atoms with van der Waals surface area (Å²) in [6.07, 6.45) is 2.70. The van der Waals surface area contributed by atoms with Gasteiger partial charge in [0, 0.05) is 62.0 Å². The van der Waals surface area contributed by atoms with Crippen molar-refractivity contribution in [3.63, 3.8) is 0 Å². The number of likely N-dealkylation sites (tertiary alicyclic amines) is 1. The van der Waals surface area contributed by atoms with Crippen molar-refractivity contribution in [2.24, 2.45) is 0 Å². The zero-order valence-electron chi connectivity index (χ0n) is 12.9. The third-order valence-electron chi connectivity index (χ3n) is 4.44. The number of hydrogen-bond acceptors (Lipinski definition) is 4. The van der Waals surface area contributed by atoms with Crippen molar-refractivity contribution in [1.82, 2.24) is 19.7 Å². The minimum Gasteiger partial charge on any atom is -0.340 e. The molecule has 1 N–H and O–H groups in total. The molecule has 6 nitrogen and oxygen atoms in total. The molecule has 0 saturated carbocycles. The largest absolute Gasteiger partial charge is 0.340 e. The summed E-state index contributed by atoms with van der Waals surface area (Å²) in [5.41, 5.74) is -0.144. The average Bonchev–Trinajstić information content (AvgIpc) is 3.02. The molecule has 2 aliphatic rings. The van der Waals surface area contributed by atoms with Crippen LogP contribution in [0.25, 0.3) is 0 Å². The van der Waals surface area contributed by atoms with Gasteiger partial charge in [-0.3, -0.25) is 14.5 Å². The first kappa shape index (κ1) is 18.4. The number of carbonyl (C=O) groups excluding carboxylic acids is 1. The van der Waals surface area contributed by atoms with E-state index in [0.29, 0.717) is 6.04 Å². The zero-order chi connectivity index (χ0) is 15.5. The van der Waals surface area contributed by atoms with Gasteiger partial charge in [-0.15, -0.1) is 12.4 Å². The van der Waals surface area contributed by atoms with Crippen LogP contribution in [0.15, 0.2) is 27.6 Å². The first-order valence-corrected chi connectivity index (χ1v) is 8.51. The van der Waals surface area contributed by atoms with Crippen LogP contribution >= 0.6 is 28.3 Å². The van der Waals surface area contributed by atoms with Crippen molar-refractivity contribution in [2.75, 3.05) is 39.3 Å². The van der Waals surface area contributed by atoms with Gasteiger partial charge < -0.3 is 14.8 Å². The Morgan fingerprint density at radius 3 is 2.74 bits per heavy atom. The van der Waals surface area contributed by atoms with Gasteiger partial charge in [-0.2, -0.15) is 0 Å². The second kappa shape index (κ2) is 8.28. The molecular weight excluding hydrogens is 384 g/mol. The molecule has 8 heteroatoms. The number of nitrogens with one attached hydrogen (secondary N) is 1. The number of nitrogens with zero attached hydrogens (tertiary/aromatic N) is 3. The highest BCUT2D eigenvalue weighted by Crippen LogP contribution is 2.16. The molecule has 128 valence electrons. The average molecular weight is 406 g/mol. The highest BCUT2D eigenvalue weighted by molar-refractivity contribution is 9.10. The Balaban J connectivity index is 0.00000192. The van der Waals surface area contributed by atoms with Crippen molar-refractivity contribution in [3.8, 4) is 0 Å². The molecule has 3 rings (SSSR count). The van der Waals surface area contributed by atoms with Crippen LogP contribution in [-0.2, 0) is 11.3 Å². The van der Waals surface area contributed by atoms with Gasteiger partial charge in [0.05, 0.1) is 0 Å². The van der Waals surface area contributed by atoms with Crippen molar-refractivity contribution in [3.05, 3.63) is 33.2 Å². The van der Waals surface area contributed by atoms with Crippen LogP contribution in [-0.4, -0.2) is 65.6 Å². The lowest BCUT2D eigenvalue weighted by molar-refractivity contribution is -0.131. The lowest BCUT2D eigenvalue weighted by Gasteiger charge is -2.32. The first-order valence-electron chi connectivity index (χ1n) is 7.72. The number of hydrogen-bond donors (Lipinski definition) is 1. The molecule has 1 aromatic heterocycles. The summed E-state index contributed by atoms with van der Waals surface area (Å²) in [4.78, 5) is 28.6. The molecule has 1 amide bonds. The molecule has 1 atom stereocenters. The molecule has 0 aromatic carbocycles. The molecule has 2 aliphatic heterocycles. The van der Waals surface area contributed by atoms with Crippen LogP contribution < -0.4 is 10.9 Å². The molecule has 0 radical (unpaired) electrons. The van der Waals surface area contributed by atoms with Gasteiger partial charge >= 0.3 is 0 Å². The van der Waals surface area contributed by atoms with Crippen LogP contribution in [0.2, 0.25) is 0 Å². The smallest absolute Gasteiger partial charge is 0.251 e. The van der Waals surface area contributed by atoms with Crippen LogP contribution in [0.1, 0.15) is 6.42 Å². The van der Waals surface area contributed by atoms with E-state index in [0.717, 1.165) is 50.2 Å². The number of piperazine rings is 1. The van der Waals surface area contributed by atoms with Crippen molar-refractivity contribution >= 4 is 34.2 Å². The molecular formula is C15H22BrClN4O2. The summed E-state index contributed by atoms with van der Waals surface area (Å²) in [6.45, 7) is 5.84. The van der Waals surface area contributed by atoms with Crippen LogP contribution in [0.3, 0.4) is 0 Å². The molecule has 0 spiro atoms. The predicted octanol–water partition coefficient (Wildman–Crippen LogP) is 0.539. The molecule has 2 saturated heterocycles. The fourth-order valence-corrected chi connectivity index (χ4v) is 3.56. The lowest BCUT2D eigenvalue weighted by Crippen LogP contribution is -2.49. The van der Waals surface area contributed by atoms with E-state index in [-0.39, 0.29) is 30.4 Å². The Kier molecular flexibility index (Phi) is 6.64. The second-order valence-corrected chi connectivity index (χ2v) is 6.80. The molecule has 2 fully saturated rings. The summed E-state index contributed by atoms with van der Waals surface area (Å²) in [5, 5.41) is 3.35. The Labute approximate surface area is 150 Å². The van der Waals surface area contributed by atoms with E-state index in [1.54, 1.807) is 12.3 Å². The number of amides is 1. The fourth-order valence-electron chi connectivity index (χ4n) is 3.19. The SMILES string of the molecule is Cl.O=C(Cn1cc(Br)ccc1=O)N1CCC(N2CCNCC2)C1. The monoisotopic (exact) mass is 404 g/mol. The maximum Gasteiger partial charge on any atom is 0.251 e. The van der Waals surface area contributed by atoms with Gasteiger partial charge in [-0.05, 0) is 28.4 Å². The van der Waals surface area contributed by atoms with Crippen LogP contribution in [0.5, 0.6) is 0 Å². The van der Waals surface area contributed by atoms with Gasteiger partial charge in [-0.1, -0.05) is 0 Å². The Hall–Kier alpha value is -0.890. The lowest BCUT2D eigenvalue weighted by atomic mass is 10.2. The van der Waals surface area contributed by atoms with E-state index < -0.39 is 0 Å². The van der Waals surface area contributed by atoms with E-state index in [1.807, 2.05) is 4.90 Å². The van der Waals surface area contributed by atoms with Crippen LogP contribution in [0, 0.1) is 0 Å². The first-order chi connectivity index (χ1) is 10.6. The van der Waals surface area contributed by atoms with E-state index in [1.165, 1.54) is 10.6 Å². The van der Waals surface area contributed by atoms with Gasteiger partial charge in [0.15, 0.2) is 0 Å². The van der Waals surface area contributed by atoms with Crippen LogP contribution in [0.4, 0.5) is 0 Å². The third-order valence-corrected chi connectivity index (χ3v) is 4.91. The van der Waals surface area contributed by atoms with E-state index in [9.17, 15) is 9.59 Å². The number of halogens is 2. The number of pyridine rings is 1. The van der Waals surface area contributed by atoms with E-state index in [2.05, 4.69) is 26.1 Å². The van der Waals surface area contributed by atoms with E-state index >= 15 is 0 Å². The Morgan fingerprint density at radius 1 is 1.26 bits per heavy atom. The number of rotatable bonds is 3. The predicted molar refractivity (Wildman–Crippen MR) is 95.1 cm³/mol. The molecule has 0 bridgehead atoms. The Bertz CT molecular complexity index is 603. The summed E-state index contributed by atoms with van der Waals surface area (Å²) >= 11 is 3.33. The standard InChI is InChI=1S/C15H21BrN4O2.ClH/c16-12-1-2-14(21)20(9-12)11-15(22)19-6-3-13(10-19)18-7-4-17-5-8-18;/h1-2,9,13,17H,3-8,10-11H2;1H.